The van der Waals surface area contributed by atoms with Crippen molar-refractivity contribution in [2.45, 2.75) is 50.5 Å². The van der Waals surface area contributed by atoms with Gasteiger partial charge in [0.15, 0.2) is 6.29 Å². The molecule has 0 unspecified atom stereocenters. The summed E-state index contributed by atoms with van der Waals surface area (Å²) in [6.45, 7) is 2.80. The smallest absolute Gasteiger partial charge is 0.155 e. The van der Waals surface area contributed by atoms with Gasteiger partial charge in [-0.1, -0.05) is 60.7 Å². The summed E-state index contributed by atoms with van der Waals surface area (Å²) in [4.78, 5) is 6.30. The number of hydroxylamine groups is 2. The van der Waals surface area contributed by atoms with E-state index in [-0.39, 0.29) is 31.1 Å². The second-order valence-electron chi connectivity index (χ2n) is 6.94. The summed E-state index contributed by atoms with van der Waals surface area (Å²) in [5.74, 6) is 0. The first-order valence-corrected chi connectivity index (χ1v) is 9.18. The summed E-state index contributed by atoms with van der Waals surface area (Å²) in [5, 5.41) is 12.4. The van der Waals surface area contributed by atoms with E-state index in [0.717, 1.165) is 12.0 Å². The van der Waals surface area contributed by atoms with Crippen LogP contribution in [0.3, 0.4) is 0 Å². The van der Waals surface area contributed by atoms with Crippen LogP contribution in [0.1, 0.15) is 30.6 Å². The Balaban J connectivity index is 1.57. The number of nitrogens with zero attached hydrogens (tertiary/aromatic N) is 1. The van der Waals surface area contributed by atoms with Crippen molar-refractivity contribution in [2.75, 3.05) is 6.61 Å². The molecule has 2 aliphatic heterocycles. The van der Waals surface area contributed by atoms with E-state index in [0.29, 0.717) is 6.54 Å². The first-order valence-electron chi connectivity index (χ1n) is 9.18. The maximum absolute atomic E-state index is 10.5. The van der Waals surface area contributed by atoms with Crippen molar-refractivity contribution in [3.63, 3.8) is 0 Å². The highest BCUT2D eigenvalue weighted by atomic mass is 16.7. The predicted octanol–water partition coefficient (Wildman–Crippen LogP) is 3.06. The van der Waals surface area contributed by atoms with E-state index in [1.165, 1.54) is 5.56 Å². The molecule has 2 fully saturated rings. The average molecular weight is 355 g/mol. The summed E-state index contributed by atoms with van der Waals surface area (Å²) in [5.41, 5.74) is 2.31. The van der Waals surface area contributed by atoms with Gasteiger partial charge in [-0.25, -0.2) is 0 Å². The molecule has 0 radical (unpaired) electrons. The molecule has 4 rings (SSSR count). The Hall–Kier alpha value is -1.76. The monoisotopic (exact) mass is 355 g/mol. The van der Waals surface area contributed by atoms with E-state index in [9.17, 15) is 5.11 Å². The first-order chi connectivity index (χ1) is 12.7. The van der Waals surface area contributed by atoms with E-state index in [1.54, 1.807) is 0 Å². The molecule has 0 amide bonds. The molecule has 0 aliphatic carbocycles. The summed E-state index contributed by atoms with van der Waals surface area (Å²) in [6.07, 6.45) is -0.592. The number of aliphatic hydroxyl groups excluding tert-OH is 1. The van der Waals surface area contributed by atoms with Crippen LogP contribution in [-0.2, 0) is 20.9 Å². The van der Waals surface area contributed by atoms with E-state index < -0.39 is 6.10 Å². The van der Waals surface area contributed by atoms with Crippen LogP contribution in [0, 0.1) is 0 Å². The van der Waals surface area contributed by atoms with E-state index >= 15 is 0 Å². The predicted molar refractivity (Wildman–Crippen MR) is 97.0 cm³/mol. The highest BCUT2D eigenvalue weighted by molar-refractivity contribution is 5.19. The molecule has 0 saturated carbocycles. The number of ether oxygens (including phenoxy) is 2. The molecule has 5 atom stereocenters. The van der Waals surface area contributed by atoms with Crippen LogP contribution in [0.4, 0.5) is 0 Å². The summed E-state index contributed by atoms with van der Waals surface area (Å²) < 4.78 is 11.4. The zero-order chi connectivity index (χ0) is 17.9. The van der Waals surface area contributed by atoms with Crippen molar-refractivity contribution in [1.29, 1.82) is 0 Å². The lowest BCUT2D eigenvalue weighted by Gasteiger charge is -2.38. The van der Waals surface area contributed by atoms with Gasteiger partial charge < -0.3 is 14.6 Å². The van der Waals surface area contributed by atoms with Gasteiger partial charge >= 0.3 is 0 Å². The third kappa shape index (κ3) is 3.82. The maximum Gasteiger partial charge on any atom is 0.155 e. The highest BCUT2D eigenvalue weighted by Crippen LogP contribution is 2.38. The zero-order valence-corrected chi connectivity index (χ0v) is 14.9. The Morgan fingerprint density at radius 1 is 1.04 bits per heavy atom. The van der Waals surface area contributed by atoms with Crippen molar-refractivity contribution in [3.8, 4) is 0 Å². The molecule has 5 nitrogen and oxygen atoms in total. The fourth-order valence-corrected chi connectivity index (χ4v) is 3.73. The van der Waals surface area contributed by atoms with E-state index in [2.05, 4.69) is 24.3 Å². The van der Waals surface area contributed by atoms with Crippen molar-refractivity contribution >= 4 is 0 Å². The molecule has 2 aromatic rings. The lowest BCUT2D eigenvalue weighted by atomic mass is 9.96. The molecule has 0 spiro atoms. The molecule has 26 heavy (non-hydrogen) atoms. The number of aliphatic hydroxyl groups is 1. The van der Waals surface area contributed by atoms with Gasteiger partial charge in [0.2, 0.25) is 0 Å². The van der Waals surface area contributed by atoms with Crippen LogP contribution in [0.5, 0.6) is 0 Å². The first kappa shape index (κ1) is 17.6. The zero-order valence-electron chi connectivity index (χ0n) is 14.9. The number of hydrogen-bond acceptors (Lipinski definition) is 5. The van der Waals surface area contributed by atoms with Crippen molar-refractivity contribution in [3.05, 3.63) is 71.8 Å². The second-order valence-corrected chi connectivity index (χ2v) is 6.94. The normalized spacial score (nSPS) is 32.6. The lowest BCUT2D eigenvalue weighted by molar-refractivity contribution is -0.274. The van der Waals surface area contributed by atoms with Crippen LogP contribution in [0.2, 0.25) is 0 Å². The SMILES string of the molecule is C[C@@H]1OC[C@@H](O)[C@H]([C@@H]2C[C@@H](c3ccccc3)ON2Cc2ccccc2)O1. The minimum Gasteiger partial charge on any atom is -0.388 e. The fraction of sp³-hybridized carbons (Fsp3) is 0.429. The van der Waals surface area contributed by atoms with E-state index in [4.69, 9.17) is 14.3 Å². The van der Waals surface area contributed by atoms with Crippen LogP contribution < -0.4 is 0 Å². The minimum absolute atomic E-state index is 0.0400. The summed E-state index contributed by atoms with van der Waals surface area (Å²) in [7, 11) is 0. The van der Waals surface area contributed by atoms with Gasteiger partial charge in [0.1, 0.15) is 18.3 Å². The number of hydrogen-bond donors (Lipinski definition) is 1. The van der Waals surface area contributed by atoms with Crippen LogP contribution in [0.15, 0.2) is 60.7 Å². The molecule has 138 valence electrons. The van der Waals surface area contributed by atoms with Gasteiger partial charge in [-0.2, -0.15) is 5.06 Å². The molecule has 0 aromatic heterocycles. The third-order valence-electron chi connectivity index (χ3n) is 5.05. The Morgan fingerprint density at radius 3 is 2.46 bits per heavy atom. The van der Waals surface area contributed by atoms with Crippen molar-refractivity contribution in [2.24, 2.45) is 0 Å². The van der Waals surface area contributed by atoms with Gasteiger partial charge in [0, 0.05) is 13.0 Å². The quantitative estimate of drug-likeness (QED) is 0.914. The summed E-state index contributed by atoms with van der Waals surface area (Å²) >= 11 is 0. The lowest BCUT2D eigenvalue weighted by Crippen LogP contribution is -2.52. The molecule has 1 N–H and O–H groups in total. The Morgan fingerprint density at radius 2 is 1.73 bits per heavy atom. The fourth-order valence-electron chi connectivity index (χ4n) is 3.73. The standard InChI is InChI=1S/C21H25NO4/c1-15-24-14-19(23)21(25-15)18-12-20(17-10-6-3-7-11-17)26-22(18)13-16-8-4-2-5-9-16/h2-11,15,18-21,23H,12-14H2,1H3/t15-,18+,19-,20+,21+/m1/s1. The van der Waals surface area contributed by atoms with Gasteiger partial charge in [0.25, 0.3) is 0 Å². The van der Waals surface area contributed by atoms with Crippen LogP contribution in [-0.4, -0.2) is 41.3 Å². The topological polar surface area (TPSA) is 51.2 Å². The second kappa shape index (κ2) is 7.86. The Labute approximate surface area is 154 Å². The van der Waals surface area contributed by atoms with Crippen molar-refractivity contribution in [1.82, 2.24) is 5.06 Å². The summed E-state index contributed by atoms with van der Waals surface area (Å²) in [6, 6.07) is 20.4. The van der Waals surface area contributed by atoms with Gasteiger partial charge in [-0.05, 0) is 18.1 Å². The molecule has 5 heteroatoms. The largest absolute Gasteiger partial charge is 0.388 e. The van der Waals surface area contributed by atoms with Crippen LogP contribution in [0.25, 0.3) is 0 Å². The van der Waals surface area contributed by atoms with Gasteiger partial charge in [-0.3, -0.25) is 4.84 Å². The Bertz CT molecular complexity index is 696. The molecule has 2 aliphatic rings. The molecular weight excluding hydrogens is 330 g/mol. The highest BCUT2D eigenvalue weighted by Gasteiger charge is 2.44. The average Bonchev–Trinajstić information content (AvgIpc) is 3.09. The maximum atomic E-state index is 10.5. The van der Waals surface area contributed by atoms with Crippen LogP contribution >= 0.6 is 0 Å². The molecule has 0 bridgehead atoms. The Kier molecular flexibility index (Phi) is 5.33. The number of benzene rings is 2. The van der Waals surface area contributed by atoms with E-state index in [1.807, 2.05) is 48.4 Å². The molecule has 2 heterocycles. The van der Waals surface area contributed by atoms with Gasteiger partial charge in [0.05, 0.1) is 12.6 Å². The molecule has 2 saturated heterocycles. The minimum atomic E-state index is -0.660. The third-order valence-corrected chi connectivity index (χ3v) is 5.05. The van der Waals surface area contributed by atoms with Gasteiger partial charge in [-0.15, -0.1) is 0 Å². The van der Waals surface area contributed by atoms with Crippen molar-refractivity contribution < 1.29 is 19.4 Å². The number of rotatable bonds is 4. The molecular formula is C21H25NO4. The molecule has 2 aromatic carbocycles.